The minimum atomic E-state index is -0.908. The molecule has 2 bridgehead atoms. The second kappa shape index (κ2) is 26.1. The van der Waals surface area contributed by atoms with Gasteiger partial charge in [-0.3, -0.25) is 28.7 Å². The van der Waals surface area contributed by atoms with Gasteiger partial charge in [0.25, 0.3) is 5.91 Å². The van der Waals surface area contributed by atoms with E-state index in [0.717, 1.165) is 42.4 Å². The number of hydrogen-bond acceptors (Lipinski definition) is 14. The summed E-state index contributed by atoms with van der Waals surface area (Å²) in [5.74, 6) is -0.950. The van der Waals surface area contributed by atoms with Gasteiger partial charge in [-0.15, -0.1) is 0 Å². The SMILES string of the molecule is CN[C@@H](C)C(=O)N[C@H](C(=O)N1Cc2cc(OCCOCCOCCC(=O)N(C)CCn3nc4c(c3C#N)-c3cnc(N)c(c3)N3CCC[C@@H]3c3cc(F)ccc3C(=O)N(C)C4)ccc2C[C@H]1C(=O)N[C@@H]1CCCc2ccccc21)C(C)(C)C. The summed E-state index contributed by atoms with van der Waals surface area (Å²) in [5.41, 5.74) is 13.3. The Morgan fingerprint density at radius 1 is 0.940 bits per heavy atom. The number of ether oxygens (including phenoxy) is 3. The average molecular weight is 1140 g/mol. The van der Waals surface area contributed by atoms with E-state index in [2.05, 4.69) is 44.0 Å². The quantitative estimate of drug-likeness (QED) is 0.0693. The van der Waals surface area contributed by atoms with Crippen LogP contribution in [0.5, 0.6) is 5.75 Å². The Morgan fingerprint density at radius 2 is 1.71 bits per heavy atom. The Kier molecular flexibility index (Phi) is 18.8. The van der Waals surface area contributed by atoms with Crippen LogP contribution in [-0.4, -0.2) is 144 Å². The third-order valence-electron chi connectivity index (χ3n) is 16.4. The number of benzene rings is 3. The molecule has 9 rings (SSSR count). The molecule has 0 spiro atoms. The minimum absolute atomic E-state index is 0.0445. The summed E-state index contributed by atoms with van der Waals surface area (Å²) in [7, 11) is 5.01. The lowest BCUT2D eigenvalue weighted by molar-refractivity contribution is -0.147. The van der Waals surface area contributed by atoms with Crippen molar-refractivity contribution >= 4 is 41.0 Å². The molecule has 21 heteroatoms. The van der Waals surface area contributed by atoms with Crippen molar-refractivity contribution in [2.75, 3.05) is 77.9 Å². The number of pyridine rings is 1. The van der Waals surface area contributed by atoms with Crippen LogP contribution >= 0.6 is 0 Å². The van der Waals surface area contributed by atoms with E-state index >= 15 is 0 Å². The number of carbonyl (C=O) groups is 5. The van der Waals surface area contributed by atoms with Crippen LogP contribution in [0.1, 0.15) is 121 Å². The van der Waals surface area contributed by atoms with Crippen LogP contribution in [0.4, 0.5) is 15.9 Å². The maximum Gasteiger partial charge on any atom is 0.254 e. The van der Waals surface area contributed by atoms with Crippen LogP contribution < -0.4 is 31.3 Å². The topological polar surface area (TPSA) is 243 Å². The van der Waals surface area contributed by atoms with Crippen LogP contribution in [0.3, 0.4) is 0 Å². The van der Waals surface area contributed by atoms with Gasteiger partial charge in [-0.2, -0.15) is 10.4 Å². The molecule has 0 radical (unpaired) electrons. The van der Waals surface area contributed by atoms with E-state index in [0.29, 0.717) is 52.4 Å². The molecule has 3 aliphatic heterocycles. The van der Waals surface area contributed by atoms with Gasteiger partial charge in [0.2, 0.25) is 23.6 Å². The van der Waals surface area contributed by atoms with E-state index in [4.69, 9.17) is 25.0 Å². The highest BCUT2D eigenvalue weighted by molar-refractivity contribution is 5.97. The first-order chi connectivity index (χ1) is 39.8. The predicted octanol–water partition coefficient (Wildman–Crippen LogP) is 6.01. The summed E-state index contributed by atoms with van der Waals surface area (Å²) in [6, 6.07) is 19.5. The van der Waals surface area contributed by atoms with Crippen LogP contribution in [-0.2, 0) is 61.1 Å². The number of nitrogens with zero attached hydrogens (tertiary/aromatic N) is 8. The summed E-state index contributed by atoms with van der Waals surface area (Å²) in [4.78, 5) is 81.0. The predicted molar refractivity (Wildman–Crippen MR) is 310 cm³/mol. The fourth-order valence-corrected chi connectivity index (χ4v) is 11.7. The lowest BCUT2D eigenvalue weighted by atomic mass is 9.83. The fraction of sp³-hybridized carbons (Fsp3) is 0.484. The number of nitrogens with one attached hydrogen (secondary N) is 3. The normalized spacial score (nSPS) is 18.2. The van der Waals surface area contributed by atoms with Crippen LogP contribution in [0, 0.1) is 22.6 Å². The van der Waals surface area contributed by atoms with Crippen molar-refractivity contribution in [3.05, 3.63) is 124 Å². The highest BCUT2D eigenvalue weighted by Gasteiger charge is 2.43. The largest absolute Gasteiger partial charge is 0.491 e. The molecule has 0 unspecified atom stereocenters. The van der Waals surface area contributed by atoms with E-state index < -0.39 is 29.4 Å². The van der Waals surface area contributed by atoms with Gasteiger partial charge >= 0.3 is 0 Å². The zero-order valence-electron chi connectivity index (χ0n) is 48.6. The van der Waals surface area contributed by atoms with Gasteiger partial charge in [-0.25, -0.2) is 9.37 Å². The molecule has 5 atom stereocenters. The molecule has 440 valence electrons. The number of likely N-dealkylation sites (N-methyl/N-ethyl adjacent to an activating group) is 2. The number of nitriles is 1. The Bertz CT molecular complexity index is 3260. The lowest BCUT2D eigenvalue weighted by Crippen LogP contribution is -2.62. The number of nitrogens with two attached hydrogens (primary N) is 1. The Balaban J connectivity index is 0.761. The van der Waals surface area contributed by atoms with Gasteiger partial charge in [-0.1, -0.05) is 51.1 Å². The molecule has 5 aromatic rings. The maximum absolute atomic E-state index is 14.8. The van der Waals surface area contributed by atoms with Gasteiger partial charge in [0.15, 0.2) is 0 Å². The molecule has 3 aromatic carbocycles. The average Bonchev–Trinajstić information content (AvgIpc) is 2.39. The number of rotatable bonds is 19. The van der Waals surface area contributed by atoms with Crippen LogP contribution in [0.25, 0.3) is 11.1 Å². The Morgan fingerprint density at radius 3 is 2.48 bits per heavy atom. The monoisotopic (exact) mass is 1140 g/mol. The summed E-state index contributed by atoms with van der Waals surface area (Å²) >= 11 is 0. The summed E-state index contributed by atoms with van der Waals surface area (Å²) in [6.45, 7) is 9.81. The van der Waals surface area contributed by atoms with Gasteiger partial charge in [0.05, 0.1) is 75.4 Å². The van der Waals surface area contributed by atoms with Crippen LogP contribution in [0.15, 0.2) is 72.9 Å². The molecule has 1 fully saturated rings. The van der Waals surface area contributed by atoms with Crippen molar-refractivity contribution in [3.8, 4) is 22.9 Å². The standard InChI is InChI=1S/C62H77FN12O8/c1-38(66-5)58(77)69-56(62(2,3)4)61(80)74-36-42-30-44(19-17-40(42)31-52(74)59(78)68-48-15-10-13-39-12-8-9-14-45(39)48)83-29-28-82-27-26-81-25-21-54(76)71(6)23-24-75-53(34-64)55-41-32-51(57(65)67-35-41)73-22-11-16-50(73)47-33-43(63)18-20-46(47)60(79)72(7)37-49(55)70-75/h8-9,12,14,17-20,30,32-33,35,38,48,50,52,56,66H,10-11,13,15-16,21-29,31,36-37H2,1-7H3,(H2,65,67)(H,68,78)(H,69,77)/t38-,48+,50+,52-,56+/m0/s1. The van der Waals surface area contributed by atoms with Crippen molar-refractivity contribution in [2.45, 2.75) is 122 Å². The summed E-state index contributed by atoms with van der Waals surface area (Å²) < 4.78 is 34.0. The van der Waals surface area contributed by atoms with Gasteiger partial charge in [-0.05, 0) is 116 Å². The van der Waals surface area contributed by atoms with Crippen molar-refractivity contribution in [1.29, 1.82) is 5.26 Å². The molecule has 5 heterocycles. The number of aryl methyl sites for hydroxylation is 1. The van der Waals surface area contributed by atoms with E-state index in [-0.39, 0.29) is 125 Å². The lowest BCUT2D eigenvalue weighted by Gasteiger charge is -2.41. The van der Waals surface area contributed by atoms with E-state index in [9.17, 15) is 33.6 Å². The van der Waals surface area contributed by atoms with E-state index in [1.807, 2.05) is 57.2 Å². The Labute approximate surface area is 484 Å². The molecular formula is C62H77FN12O8. The van der Waals surface area contributed by atoms with Gasteiger partial charge in [0.1, 0.15) is 47.8 Å². The molecule has 1 saturated heterocycles. The third-order valence-corrected chi connectivity index (χ3v) is 16.4. The molecule has 1 aliphatic carbocycles. The first-order valence-corrected chi connectivity index (χ1v) is 28.7. The number of hydrogen-bond donors (Lipinski definition) is 4. The first kappa shape index (κ1) is 59.7. The molecule has 5 amide bonds. The number of fused-ring (bicyclic) bond motifs is 10. The van der Waals surface area contributed by atoms with Crippen molar-refractivity contribution in [2.24, 2.45) is 5.41 Å². The highest BCUT2D eigenvalue weighted by atomic mass is 19.1. The molecule has 0 saturated carbocycles. The third kappa shape index (κ3) is 13.5. The number of amides is 5. The summed E-state index contributed by atoms with van der Waals surface area (Å²) in [6.07, 6.45) is 6.17. The number of anilines is 2. The smallest absolute Gasteiger partial charge is 0.254 e. The van der Waals surface area contributed by atoms with Gasteiger partial charge in [0, 0.05) is 63.0 Å². The number of aromatic nitrogens is 3. The van der Waals surface area contributed by atoms with Crippen molar-refractivity contribution in [3.63, 3.8) is 0 Å². The van der Waals surface area contributed by atoms with Crippen molar-refractivity contribution < 1.29 is 42.6 Å². The highest BCUT2D eigenvalue weighted by Crippen LogP contribution is 2.43. The maximum atomic E-state index is 14.8. The molecule has 83 heavy (non-hydrogen) atoms. The van der Waals surface area contributed by atoms with E-state index in [1.165, 1.54) is 28.7 Å². The van der Waals surface area contributed by atoms with E-state index in [1.54, 1.807) is 48.7 Å². The zero-order valence-corrected chi connectivity index (χ0v) is 48.6. The fourth-order valence-electron chi connectivity index (χ4n) is 11.7. The minimum Gasteiger partial charge on any atom is -0.491 e. The summed E-state index contributed by atoms with van der Waals surface area (Å²) in [5, 5.41) is 24.7. The number of nitrogen functional groups attached to an aromatic ring is 1. The molecule has 2 aromatic heterocycles. The van der Waals surface area contributed by atoms with Crippen LogP contribution in [0.2, 0.25) is 0 Å². The molecule has 20 nitrogen and oxygen atoms in total. The van der Waals surface area contributed by atoms with Crippen molar-refractivity contribution in [1.82, 2.24) is 45.4 Å². The number of carbonyl (C=O) groups excluding carboxylic acids is 5. The zero-order chi connectivity index (χ0) is 59.1. The van der Waals surface area contributed by atoms with Gasteiger partial charge < -0.3 is 55.5 Å². The first-order valence-electron chi connectivity index (χ1n) is 28.7. The second-order valence-electron chi connectivity index (χ2n) is 23.1. The second-order valence-corrected chi connectivity index (χ2v) is 23.1. The molecule has 5 N–H and O–H groups in total. The Hall–Kier alpha value is -7.93. The molecule has 4 aliphatic rings. The number of halogens is 1. The molecular weight excluding hydrogens is 1060 g/mol.